The fourth-order valence-electron chi connectivity index (χ4n) is 10.4. The Balaban J connectivity index is 1.25. The average molecular weight is 819 g/mol. The third-order valence-corrected chi connectivity index (χ3v) is 17.9. The van der Waals surface area contributed by atoms with Crippen LogP contribution in [0.3, 0.4) is 0 Å². The van der Waals surface area contributed by atoms with Crippen LogP contribution in [-0.4, -0.2) is 17.2 Å². The fraction of sp³-hybridized carbons (Fsp3) is 0. The third kappa shape index (κ3) is 5.78. The summed E-state index contributed by atoms with van der Waals surface area (Å²) >= 11 is 0. The zero-order chi connectivity index (χ0) is 41.7. The van der Waals surface area contributed by atoms with E-state index in [4.69, 9.17) is 0 Å². The first-order chi connectivity index (χ1) is 31.3. The first-order valence-corrected chi connectivity index (χ1v) is 23.8. The zero-order valence-corrected chi connectivity index (χ0v) is 35.6. The monoisotopic (exact) mass is 818 g/mol. The minimum atomic E-state index is -2.99. The molecule has 63 heavy (non-hydrogen) atoms. The van der Waals surface area contributed by atoms with Crippen LogP contribution < -0.4 is 20.7 Å². The Morgan fingerprint density at radius 2 is 0.698 bits per heavy atom. The molecule has 0 unspecified atom stereocenters. The first-order valence-electron chi connectivity index (χ1n) is 21.8. The summed E-state index contributed by atoms with van der Waals surface area (Å²) in [5.74, 6) is 0. The predicted molar refractivity (Wildman–Crippen MR) is 270 cm³/mol. The molecule has 0 saturated carbocycles. The van der Waals surface area contributed by atoms with Gasteiger partial charge in [-0.05, 0) is 67.8 Å². The quantitative estimate of drug-likeness (QED) is 0.107. The van der Waals surface area contributed by atoms with Crippen LogP contribution in [0.15, 0.2) is 255 Å². The van der Waals surface area contributed by atoms with Crippen LogP contribution in [0.5, 0.6) is 0 Å². The normalized spacial score (nSPS) is 11.8. The van der Waals surface area contributed by atoms with Gasteiger partial charge >= 0.3 is 0 Å². The number of rotatable bonds is 8. The minimum absolute atomic E-state index is 1.14. The average Bonchev–Trinajstić information content (AvgIpc) is 3.89. The van der Waals surface area contributed by atoms with E-state index in [1.165, 1.54) is 86.6 Å². The molecule has 0 amide bonds. The van der Waals surface area contributed by atoms with Crippen molar-refractivity contribution in [1.29, 1.82) is 0 Å². The topological polar surface area (TPSA) is 9.86 Å². The number of nitrogens with zero attached hydrogens (tertiary/aromatic N) is 2. The number of para-hydroxylation sites is 4. The Bertz CT molecular complexity index is 3500. The van der Waals surface area contributed by atoms with Crippen molar-refractivity contribution in [3.05, 3.63) is 255 Å². The predicted octanol–water partition coefficient (Wildman–Crippen LogP) is 12.6. The molecule has 2 aromatic heterocycles. The Morgan fingerprint density at radius 1 is 0.270 bits per heavy atom. The van der Waals surface area contributed by atoms with Crippen LogP contribution in [0, 0.1) is 0 Å². The van der Waals surface area contributed by atoms with Crippen LogP contribution in [0.1, 0.15) is 0 Å². The van der Waals surface area contributed by atoms with Crippen molar-refractivity contribution in [1.82, 2.24) is 9.13 Å². The molecule has 0 fully saturated rings. The molecule has 0 aliphatic carbocycles. The summed E-state index contributed by atoms with van der Waals surface area (Å²) in [5.41, 5.74) is 11.8. The highest BCUT2D eigenvalue weighted by molar-refractivity contribution is 7.20. The second kappa shape index (κ2) is 15.2. The zero-order valence-electron chi connectivity index (χ0n) is 34.6. The van der Waals surface area contributed by atoms with Crippen LogP contribution in [0.25, 0.3) is 77.2 Å². The summed E-state index contributed by atoms with van der Waals surface area (Å²) in [6.07, 6.45) is 0. The Labute approximate surface area is 368 Å². The van der Waals surface area contributed by atoms with Crippen molar-refractivity contribution in [3.8, 4) is 33.6 Å². The molecule has 0 radical (unpaired) electrons. The molecule has 296 valence electrons. The van der Waals surface area contributed by atoms with Crippen molar-refractivity contribution < 1.29 is 0 Å². The van der Waals surface area contributed by atoms with Gasteiger partial charge in [-0.2, -0.15) is 0 Å². The summed E-state index contributed by atoms with van der Waals surface area (Å²) < 4.78 is 5.14. The fourth-order valence-corrected chi connectivity index (χ4v) is 15.4. The highest BCUT2D eigenvalue weighted by Gasteiger charge is 2.43. The van der Waals surface area contributed by atoms with Crippen molar-refractivity contribution in [2.24, 2.45) is 0 Å². The van der Waals surface area contributed by atoms with Crippen molar-refractivity contribution >= 4 is 72.4 Å². The second-order valence-corrected chi connectivity index (χ2v) is 20.2. The lowest BCUT2D eigenvalue weighted by Gasteiger charge is -2.35. The molecule has 0 aliphatic rings. The standard InChI is InChI=1S/C60H42N2Si/c1-6-22-43(23-7-1)45-40-41-56(53(42-45)44-24-8-2-9-25-44)61-54-36-18-16-32-49(54)51-34-20-38-57(59(51)61)62-55-37-19-17-33-50(55)52-35-21-39-58(60(52)62)63(46-26-10-3-11-27-46,47-28-12-4-13-29-47)48-30-14-5-15-31-48/h1-42H. The van der Waals surface area contributed by atoms with Crippen molar-refractivity contribution in [2.75, 3.05) is 0 Å². The van der Waals surface area contributed by atoms with Crippen LogP contribution >= 0.6 is 0 Å². The largest absolute Gasteiger partial charge is 0.307 e. The van der Waals surface area contributed by atoms with Gasteiger partial charge in [-0.25, -0.2) is 0 Å². The lowest BCUT2D eigenvalue weighted by Crippen LogP contribution is -2.75. The molecule has 10 aromatic carbocycles. The molecule has 3 heteroatoms. The van der Waals surface area contributed by atoms with Gasteiger partial charge in [0.2, 0.25) is 0 Å². The summed E-state index contributed by atoms with van der Waals surface area (Å²) in [6.45, 7) is 0. The Morgan fingerprint density at radius 3 is 1.25 bits per heavy atom. The van der Waals surface area contributed by atoms with Gasteiger partial charge in [0.05, 0.1) is 33.4 Å². The van der Waals surface area contributed by atoms with E-state index in [0.29, 0.717) is 0 Å². The highest BCUT2D eigenvalue weighted by Crippen LogP contribution is 2.42. The van der Waals surface area contributed by atoms with E-state index in [1.54, 1.807) is 0 Å². The van der Waals surface area contributed by atoms with Crippen molar-refractivity contribution in [3.63, 3.8) is 0 Å². The van der Waals surface area contributed by atoms with Crippen molar-refractivity contribution in [2.45, 2.75) is 0 Å². The van der Waals surface area contributed by atoms with Gasteiger partial charge in [-0.15, -0.1) is 0 Å². The van der Waals surface area contributed by atoms with E-state index in [0.717, 1.165) is 11.4 Å². The van der Waals surface area contributed by atoms with Gasteiger partial charge in [-0.3, -0.25) is 0 Å². The molecular weight excluding hydrogens is 777 g/mol. The molecular formula is C60H42N2Si. The highest BCUT2D eigenvalue weighted by atomic mass is 28.3. The molecule has 0 saturated heterocycles. The first kappa shape index (κ1) is 36.8. The summed E-state index contributed by atoms with van der Waals surface area (Å²) in [6, 6.07) is 94.4. The summed E-state index contributed by atoms with van der Waals surface area (Å²) in [7, 11) is -2.99. The number of fused-ring (bicyclic) bond motifs is 6. The molecule has 2 heterocycles. The maximum absolute atomic E-state index is 2.99. The summed E-state index contributed by atoms with van der Waals surface area (Å²) in [4.78, 5) is 0. The second-order valence-electron chi connectivity index (χ2n) is 16.4. The van der Waals surface area contributed by atoms with E-state index >= 15 is 0 Å². The molecule has 0 bridgehead atoms. The molecule has 0 aliphatic heterocycles. The Kier molecular flexibility index (Phi) is 8.87. The lowest BCUT2D eigenvalue weighted by molar-refractivity contribution is 1.13. The smallest absolute Gasteiger partial charge is 0.181 e. The maximum Gasteiger partial charge on any atom is 0.181 e. The van der Waals surface area contributed by atoms with Crippen LogP contribution in [0.4, 0.5) is 0 Å². The molecule has 0 N–H and O–H groups in total. The van der Waals surface area contributed by atoms with E-state index in [-0.39, 0.29) is 0 Å². The molecule has 2 nitrogen and oxygen atoms in total. The third-order valence-electron chi connectivity index (χ3n) is 13.1. The molecule has 0 spiro atoms. The molecule has 12 aromatic rings. The number of hydrogen-bond donors (Lipinski definition) is 0. The Hall–Kier alpha value is -7.98. The van der Waals surface area contributed by atoms with E-state index in [2.05, 4.69) is 264 Å². The minimum Gasteiger partial charge on any atom is -0.307 e. The van der Waals surface area contributed by atoms with Gasteiger partial charge in [-0.1, -0.05) is 224 Å². The van der Waals surface area contributed by atoms with E-state index < -0.39 is 8.07 Å². The van der Waals surface area contributed by atoms with Crippen LogP contribution in [-0.2, 0) is 0 Å². The van der Waals surface area contributed by atoms with Gasteiger partial charge in [0.25, 0.3) is 0 Å². The van der Waals surface area contributed by atoms with Crippen LogP contribution in [0.2, 0.25) is 0 Å². The van der Waals surface area contributed by atoms with Gasteiger partial charge < -0.3 is 9.13 Å². The van der Waals surface area contributed by atoms with E-state index in [9.17, 15) is 0 Å². The maximum atomic E-state index is 2.61. The number of aromatic nitrogens is 2. The lowest BCUT2D eigenvalue weighted by atomic mass is 9.97. The van der Waals surface area contributed by atoms with E-state index in [1.807, 2.05) is 0 Å². The molecule has 0 atom stereocenters. The van der Waals surface area contributed by atoms with Gasteiger partial charge in [0, 0.05) is 27.1 Å². The number of hydrogen-bond acceptors (Lipinski definition) is 0. The van der Waals surface area contributed by atoms with Gasteiger partial charge in [0.1, 0.15) is 0 Å². The SMILES string of the molecule is c1ccc(-c2ccc(-n3c4ccccc4c4cccc(-n5c6ccccc6c6cccc([Si](c7ccccc7)(c7ccccc7)c7ccccc7)c65)c43)c(-c3ccccc3)c2)cc1. The van der Waals surface area contributed by atoms with Gasteiger partial charge in [0.15, 0.2) is 8.07 Å². The summed E-state index contributed by atoms with van der Waals surface area (Å²) in [5, 5.41) is 10.3. The molecule has 12 rings (SSSR count). The number of benzene rings is 10.